The van der Waals surface area contributed by atoms with E-state index in [1.165, 1.54) is 0 Å². The van der Waals surface area contributed by atoms with Crippen LogP contribution in [0.15, 0.2) is 0 Å². The molecule has 0 bridgehead atoms. The van der Waals surface area contributed by atoms with Crippen molar-refractivity contribution in [3.63, 3.8) is 0 Å². The predicted molar refractivity (Wildman–Crippen MR) is 59.6 cm³/mol. The number of likely N-dealkylation sites (N-methyl/N-ethyl adjacent to an activating group) is 1. The van der Waals surface area contributed by atoms with Gasteiger partial charge in [-0.25, -0.2) is 0 Å². The van der Waals surface area contributed by atoms with Gasteiger partial charge in [0.25, 0.3) is 0 Å². The van der Waals surface area contributed by atoms with Crippen molar-refractivity contribution < 1.29 is 9.90 Å². The molecule has 4 nitrogen and oxygen atoms in total. The molecule has 1 aliphatic carbocycles. The van der Waals surface area contributed by atoms with Crippen LogP contribution in [0.4, 0.5) is 0 Å². The van der Waals surface area contributed by atoms with Gasteiger partial charge >= 0.3 is 0 Å². The average Bonchev–Trinajstić information content (AvgIpc) is 2.63. The van der Waals surface area contributed by atoms with E-state index in [0.717, 1.165) is 32.4 Å². The molecule has 2 atom stereocenters. The number of aliphatic hydroxyl groups excluding tert-OH is 1. The van der Waals surface area contributed by atoms with Gasteiger partial charge in [-0.15, -0.1) is 0 Å². The zero-order chi connectivity index (χ0) is 11.3. The number of nitrogens with one attached hydrogen (secondary N) is 1. The molecular weight excluding hydrogens is 192 g/mol. The van der Waals surface area contributed by atoms with Crippen LogP contribution in [0.1, 0.15) is 33.1 Å². The van der Waals surface area contributed by atoms with Gasteiger partial charge in [0.1, 0.15) is 0 Å². The lowest BCUT2D eigenvalue weighted by Crippen LogP contribution is -2.44. The molecule has 88 valence electrons. The van der Waals surface area contributed by atoms with Crippen LogP contribution in [0.3, 0.4) is 0 Å². The van der Waals surface area contributed by atoms with Crippen molar-refractivity contribution in [2.45, 2.75) is 45.3 Å². The van der Waals surface area contributed by atoms with Crippen LogP contribution >= 0.6 is 0 Å². The summed E-state index contributed by atoms with van der Waals surface area (Å²) in [7, 11) is 0. The van der Waals surface area contributed by atoms with E-state index < -0.39 is 0 Å². The highest BCUT2D eigenvalue weighted by Crippen LogP contribution is 2.18. The number of rotatable bonds is 5. The maximum atomic E-state index is 11.7. The number of carbonyl (C=O) groups is 1. The normalized spacial score (nSPS) is 25.5. The van der Waals surface area contributed by atoms with E-state index in [-0.39, 0.29) is 18.1 Å². The molecule has 15 heavy (non-hydrogen) atoms. The summed E-state index contributed by atoms with van der Waals surface area (Å²) in [4.78, 5) is 13.5. The Morgan fingerprint density at radius 3 is 2.53 bits per heavy atom. The lowest BCUT2D eigenvalue weighted by molar-refractivity contribution is -0.130. The van der Waals surface area contributed by atoms with E-state index in [2.05, 4.69) is 5.32 Å². The third-order valence-corrected chi connectivity index (χ3v) is 3.11. The van der Waals surface area contributed by atoms with Gasteiger partial charge in [0.15, 0.2) is 0 Å². The van der Waals surface area contributed by atoms with E-state index in [4.69, 9.17) is 0 Å². The Morgan fingerprint density at radius 1 is 1.40 bits per heavy atom. The molecule has 0 aliphatic heterocycles. The molecule has 1 amide bonds. The zero-order valence-electron chi connectivity index (χ0n) is 9.70. The Hall–Kier alpha value is -0.610. The minimum absolute atomic E-state index is 0.115. The molecule has 0 aromatic heterocycles. The van der Waals surface area contributed by atoms with Crippen molar-refractivity contribution in [3.05, 3.63) is 0 Å². The summed E-state index contributed by atoms with van der Waals surface area (Å²) in [5.74, 6) is 0.124. The first-order chi connectivity index (χ1) is 7.19. The first kappa shape index (κ1) is 12.5. The second kappa shape index (κ2) is 6.08. The average molecular weight is 214 g/mol. The maximum Gasteiger partial charge on any atom is 0.236 e. The van der Waals surface area contributed by atoms with Crippen LogP contribution in [0, 0.1) is 0 Å². The van der Waals surface area contributed by atoms with Crippen molar-refractivity contribution in [1.29, 1.82) is 0 Å². The number of nitrogens with zero attached hydrogens (tertiary/aromatic N) is 1. The number of hydrogen-bond acceptors (Lipinski definition) is 3. The predicted octanol–water partition coefficient (Wildman–Crippen LogP) is 0.358. The standard InChI is InChI=1S/C11H22N2O2/c1-3-13(4-2)11(15)8-12-9-6-5-7-10(9)14/h9-10,12,14H,3-8H2,1-2H3/t9-,10-/m1/s1. The highest BCUT2D eigenvalue weighted by molar-refractivity contribution is 5.78. The Balaban J connectivity index is 2.26. The fourth-order valence-electron chi connectivity index (χ4n) is 2.09. The number of carbonyl (C=O) groups excluding carboxylic acids is 1. The summed E-state index contributed by atoms with van der Waals surface area (Å²) in [6, 6.07) is 0.115. The van der Waals surface area contributed by atoms with Crippen molar-refractivity contribution in [3.8, 4) is 0 Å². The highest BCUT2D eigenvalue weighted by Gasteiger charge is 2.25. The van der Waals surface area contributed by atoms with Gasteiger partial charge in [0.05, 0.1) is 12.6 Å². The molecule has 0 spiro atoms. The third kappa shape index (κ3) is 3.47. The molecule has 0 aromatic carbocycles. The van der Waals surface area contributed by atoms with E-state index in [9.17, 15) is 9.90 Å². The van der Waals surface area contributed by atoms with Crippen LogP contribution in [0.5, 0.6) is 0 Å². The quantitative estimate of drug-likeness (QED) is 0.694. The first-order valence-electron chi connectivity index (χ1n) is 5.88. The van der Waals surface area contributed by atoms with Gasteiger partial charge in [-0.05, 0) is 33.1 Å². The lowest BCUT2D eigenvalue weighted by atomic mass is 10.2. The van der Waals surface area contributed by atoms with Crippen molar-refractivity contribution in [1.82, 2.24) is 10.2 Å². The van der Waals surface area contributed by atoms with Gasteiger partial charge in [0, 0.05) is 19.1 Å². The second-order valence-electron chi connectivity index (χ2n) is 4.05. The molecule has 2 N–H and O–H groups in total. The molecule has 1 saturated carbocycles. The van der Waals surface area contributed by atoms with Crippen LogP contribution in [0.25, 0.3) is 0 Å². The largest absolute Gasteiger partial charge is 0.392 e. The number of amides is 1. The first-order valence-corrected chi connectivity index (χ1v) is 5.88. The summed E-state index contributed by atoms with van der Waals surface area (Å²) < 4.78 is 0. The lowest BCUT2D eigenvalue weighted by Gasteiger charge is -2.21. The molecule has 1 aliphatic rings. The van der Waals surface area contributed by atoms with E-state index in [0.29, 0.717) is 6.54 Å². The van der Waals surface area contributed by atoms with Gasteiger partial charge in [-0.3, -0.25) is 4.79 Å². The Kier molecular flexibility index (Phi) is 5.05. The summed E-state index contributed by atoms with van der Waals surface area (Å²) in [6.45, 7) is 5.81. The summed E-state index contributed by atoms with van der Waals surface area (Å²) in [5.41, 5.74) is 0. The maximum absolute atomic E-state index is 11.7. The van der Waals surface area contributed by atoms with Crippen LogP contribution in [-0.2, 0) is 4.79 Å². The monoisotopic (exact) mass is 214 g/mol. The van der Waals surface area contributed by atoms with E-state index >= 15 is 0 Å². The summed E-state index contributed by atoms with van der Waals surface area (Å²) >= 11 is 0. The molecule has 0 saturated heterocycles. The number of aliphatic hydroxyl groups is 1. The smallest absolute Gasteiger partial charge is 0.236 e. The molecule has 1 rings (SSSR count). The van der Waals surface area contributed by atoms with Crippen molar-refractivity contribution >= 4 is 5.91 Å². The van der Waals surface area contributed by atoms with Gasteiger partial charge in [-0.2, -0.15) is 0 Å². The zero-order valence-corrected chi connectivity index (χ0v) is 9.70. The Morgan fingerprint density at radius 2 is 2.07 bits per heavy atom. The van der Waals surface area contributed by atoms with E-state index in [1.54, 1.807) is 4.90 Å². The third-order valence-electron chi connectivity index (χ3n) is 3.11. The fraction of sp³-hybridized carbons (Fsp3) is 0.909. The fourth-order valence-corrected chi connectivity index (χ4v) is 2.09. The minimum Gasteiger partial charge on any atom is -0.392 e. The van der Waals surface area contributed by atoms with E-state index in [1.807, 2.05) is 13.8 Å². The highest BCUT2D eigenvalue weighted by atomic mass is 16.3. The molecule has 4 heteroatoms. The van der Waals surface area contributed by atoms with Gasteiger partial charge < -0.3 is 15.3 Å². The summed E-state index contributed by atoms with van der Waals surface area (Å²) in [6.07, 6.45) is 2.62. The van der Waals surface area contributed by atoms with Gasteiger partial charge in [-0.1, -0.05) is 0 Å². The van der Waals surface area contributed by atoms with Crippen LogP contribution in [0.2, 0.25) is 0 Å². The second-order valence-corrected chi connectivity index (χ2v) is 4.05. The molecule has 0 radical (unpaired) electrons. The minimum atomic E-state index is -0.269. The molecule has 0 aromatic rings. The molecule has 0 unspecified atom stereocenters. The van der Waals surface area contributed by atoms with Crippen LogP contribution in [-0.4, -0.2) is 47.7 Å². The van der Waals surface area contributed by atoms with Crippen molar-refractivity contribution in [2.75, 3.05) is 19.6 Å². The Labute approximate surface area is 91.6 Å². The molecule has 0 heterocycles. The van der Waals surface area contributed by atoms with Gasteiger partial charge in [0.2, 0.25) is 5.91 Å². The SMILES string of the molecule is CCN(CC)C(=O)CN[C@@H]1CCC[C@H]1O. The molecule has 1 fully saturated rings. The van der Waals surface area contributed by atoms with Crippen molar-refractivity contribution in [2.24, 2.45) is 0 Å². The number of hydrogen-bond donors (Lipinski definition) is 2. The topological polar surface area (TPSA) is 52.6 Å². The molecular formula is C11H22N2O2. The Bertz CT molecular complexity index is 205. The summed E-state index contributed by atoms with van der Waals surface area (Å²) in [5, 5.41) is 12.7. The van der Waals surface area contributed by atoms with Crippen LogP contribution < -0.4 is 5.32 Å².